The number of carbonyl (C=O) groups is 1. The molecule has 0 saturated heterocycles. The normalized spacial score (nSPS) is 26.3. The van der Waals surface area contributed by atoms with Crippen LogP contribution >= 0.6 is 0 Å². The lowest BCUT2D eigenvalue weighted by molar-refractivity contribution is 0.0696. The lowest BCUT2D eigenvalue weighted by atomic mass is 9.76. The number of amides is 1. The number of aryl methyl sites for hydroxylation is 2. The van der Waals surface area contributed by atoms with Crippen molar-refractivity contribution in [3.8, 4) is 0 Å². The van der Waals surface area contributed by atoms with Crippen molar-refractivity contribution in [3.05, 3.63) is 34.9 Å². The minimum atomic E-state index is -0.438. The van der Waals surface area contributed by atoms with Crippen molar-refractivity contribution in [3.63, 3.8) is 0 Å². The third-order valence-corrected chi connectivity index (χ3v) is 4.40. The first-order valence-corrected chi connectivity index (χ1v) is 7.46. The van der Waals surface area contributed by atoms with Gasteiger partial charge in [0.05, 0.1) is 12.1 Å². The van der Waals surface area contributed by atoms with Gasteiger partial charge in [-0.05, 0) is 44.2 Å². The Morgan fingerprint density at radius 2 is 2.20 bits per heavy atom. The van der Waals surface area contributed by atoms with Crippen molar-refractivity contribution in [1.29, 1.82) is 0 Å². The van der Waals surface area contributed by atoms with E-state index >= 15 is 0 Å². The van der Waals surface area contributed by atoms with Crippen LogP contribution in [0.25, 0.3) is 0 Å². The molecule has 0 aromatic heterocycles. The van der Waals surface area contributed by atoms with Gasteiger partial charge in [0.25, 0.3) is 5.91 Å². The van der Waals surface area contributed by atoms with Gasteiger partial charge >= 0.3 is 0 Å². The Labute approximate surface area is 121 Å². The Bertz CT molecular complexity index is 498. The molecule has 0 aliphatic heterocycles. The highest BCUT2D eigenvalue weighted by atomic mass is 16.3. The quantitative estimate of drug-likeness (QED) is 0.891. The molecule has 0 spiro atoms. The first kappa shape index (κ1) is 15.0. The van der Waals surface area contributed by atoms with Gasteiger partial charge in [-0.3, -0.25) is 4.79 Å². The van der Waals surface area contributed by atoms with Gasteiger partial charge in [0, 0.05) is 5.56 Å². The number of rotatable bonds is 3. The van der Waals surface area contributed by atoms with E-state index in [-0.39, 0.29) is 12.5 Å². The van der Waals surface area contributed by atoms with Crippen molar-refractivity contribution < 1.29 is 9.90 Å². The van der Waals surface area contributed by atoms with E-state index in [0.717, 1.165) is 30.4 Å². The second-order valence-electron chi connectivity index (χ2n) is 6.41. The molecule has 20 heavy (non-hydrogen) atoms. The molecule has 2 unspecified atom stereocenters. The molecule has 2 atom stereocenters. The second-order valence-corrected chi connectivity index (χ2v) is 6.41. The van der Waals surface area contributed by atoms with Crippen LogP contribution in [0.5, 0.6) is 0 Å². The number of hydrogen-bond acceptors (Lipinski definition) is 2. The Morgan fingerprint density at radius 1 is 1.45 bits per heavy atom. The molecule has 110 valence electrons. The fraction of sp³-hybridized carbons (Fsp3) is 0.588. The molecule has 1 aromatic rings. The van der Waals surface area contributed by atoms with Crippen molar-refractivity contribution >= 4 is 5.91 Å². The molecule has 2 N–H and O–H groups in total. The molecule has 3 nitrogen and oxygen atoms in total. The molecular formula is C17H25NO2. The van der Waals surface area contributed by atoms with Gasteiger partial charge in [0.15, 0.2) is 0 Å². The predicted molar refractivity (Wildman–Crippen MR) is 80.8 cm³/mol. The Balaban J connectivity index is 2.16. The van der Waals surface area contributed by atoms with Gasteiger partial charge in [0.2, 0.25) is 0 Å². The average Bonchev–Trinajstić information content (AvgIpc) is 2.38. The Morgan fingerprint density at radius 3 is 2.80 bits per heavy atom. The number of hydrogen-bond donors (Lipinski definition) is 2. The number of carbonyl (C=O) groups excluding carboxylic acids is 1. The van der Waals surface area contributed by atoms with E-state index in [1.807, 2.05) is 32.0 Å². The predicted octanol–water partition coefficient (Wildman–Crippen LogP) is 2.97. The molecule has 0 heterocycles. The van der Waals surface area contributed by atoms with Crippen molar-refractivity contribution in [2.24, 2.45) is 5.92 Å². The van der Waals surface area contributed by atoms with Gasteiger partial charge in [-0.2, -0.15) is 0 Å². The van der Waals surface area contributed by atoms with E-state index in [1.54, 1.807) is 0 Å². The third-order valence-electron chi connectivity index (χ3n) is 4.40. The van der Waals surface area contributed by atoms with Crippen molar-refractivity contribution in [2.75, 3.05) is 6.61 Å². The van der Waals surface area contributed by atoms with E-state index in [9.17, 15) is 9.90 Å². The molecule has 2 rings (SSSR count). The monoisotopic (exact) mass is 275 g/mol. The first-order chi connectivity index (χ1) is 9.46. The van der Waals surface area contributed by atoms with Crippen LogP contribution in [0, 0.1) is 19.8 Å². The van der Waals surface area contributed by atoms with Crippen LogP contribution in [0.15, 0.2) is 18.2 Å². The van der Waals surface area contributed by atoms with E-state index < -0.39 is 5.54 Å². The minimum Gasteiger partial charge on any atom is -0.394 e. The fourth-order valence-electron chi connectivity index (χ4n) is 3.33. The maximum atomic E-state index is 12.5. The highest BCUT2D eigenvalue weighted by Gasteiger charge is 2.36. The molecule has 1 amide bonds. The summed E-state index contributed by atoms with van der Waals surface area (Å²) < 4.78 is 0. The molecule has 1 aliphatic carbocycles. The van der Waals surface area contributed by atoms with Crippen LogP contribution in [0.2, 0.25) is 0 Å². The standard InChI is InChI=1S/C17H25NO2/c1-12-6-7-15(14(3)9-12)16(20)18-17(11-19)8-4-5-13(2)10-17/h6-7,9,13,19H,4-5,8,10-11H2,1-3H3,(H,18,20). The molecule has 0 radical (unpaired) electrons. The summed E-state index contributed by atoms with van der Waals surface area (Å²) in [7, 11) is 0. The van der Waals surface area contributed by atoms with Gasteiger partial charge in [-0.1, -0.05) is 37.5 Å². The van der Waals surface area contributed by atoms with Crippen molar-refractivity contribution in [1.82, 2.24) is 5.32 Å². The summed E-state index contributed by atoms with van der Waals surface area (Å²) in [5.74, 6) is 0.487. The van der Waals surface area contributed by atoms with Gasteiger partial charge in [-0.25, -0.2) is 0 Å². The Hall–Kier alpha value is -1.35. The molecule has 1 aromatic carbocycles. The third kappa shape index (κ3) is 3.21. The minimum absolute atomic E-state index is 0.0218. The zero-order valence-corrected chi connectivity index (χ0v) is 12.7. The lowest BCUT2D eigenvalue weighted by Gasteiger charge is -2.39. The number of aliphatic hydroxyl groups is 1. The molecule has 1 aliphatic rings. The summed E-state index contributed by atoms with van der Waals surface area (Å²) >= 11 is 0. The maximum absolute atomic E-state index is 12.5. The van der Waals surface area contributed by atoms with Gasteiger partial charge in [-0.15, -0.1) is 0 Å². The highest BCUT2D eigenvalue weighted by molar-refractivity contribution is 5.96. The molecule has 3 heteroatoms. The van der Waals surface area contributed by atoms with E-state index in [4.69, 9.17) is 0 Å². The van der Waals surface area contributed by atoms with Crippen LogP contribution in [-0.4, -0.2) is 23.2 Å². The van der Waals surface area contributed by atoms with E-state index in [0.29, 0.717) is 11.5 Å². The Kier molecular flexibility index (Phi) is 4.48. The second kappa shape index (κ2) is 5.96. The fourth-order valence-corrected chi connectivity index (χ4v) is 3.33. The number of nitrogens with one attached hydrogen (secondary N) is 1. The maximum Gasteiger partial charge on any atom is 0.252 e. The smallest absolute Gasteiger partial charge is 0.252 e. The topological polar surface area (TPSA) is 49.3 Å². The molecule has 0 bridgehead atoms. The SMILES string of the molecule is Cc1ccc(C(=O)NC2(CO)CCCC(C)C2)c(C)c1. The first-order valence-electron chi connectivity index (χ1n) is 7.46. The summed E-state index contributed by atoms with van der Waals surface area (Å²) in [4.78, 5) is 12.5. The van der Waals surface area contributed by atoms with Crippen molar-refractivity contribution in [2.45, 2.75) is 52.0 Å². The summed E-state index contributed by atoms with van der Waals surface area (Å²) in [6, 6.07) is 5.85. The van der Waals surface area contributed by atoms with Gasteiger partial charge in [0.1, 0.15) is 0 Å². The summed E-state index contributed by atoms with van der Waals surface area (Å²) in [5, 5.41) is 12.9. The van der Waals surface area contributed by atoms with E-state index in [2.05, 4.69) is 12.2 Å². The number of benzene rings is 1. The summed E-state index contributed by atoms with van der Waals surface area (Å²) in [6.07, 6.45) is 3.97. The number of aliphatic hydroxyl groups excluding tert-OH is 1. The highest BCUT2D eigenvalue weighted by Crippen LogP contribution is 2.32. The zero-order valence-electron chi connectivity index (χ0n) is 12.7. The zero-order chi connectivity index (χ0) is 14.8. The van der Waals surface area contributed by atoms with Crippen LogP contribution in [0.4, 0.5) is 0 Å². The average molecular weight is 275 g/mol. The molecule has 1 saturated carbocycles. The van der Waals surface area contributed by atoms with Crippen LogP contribution in [0.3, 0.4) is 0 Å². The molecule has 1 fully saturated rings. The largest absolute Gasteiger partial charge is 0.394 e. The van der Waals surface area contributed by atoms with Crippen LogP contribution < -0.4 is 5.32 Å². The summed E-state index contributed by atoms with van der Waals surface area (Å²) in [6.45, 7) is 6.19. The van der Waals surface area contributed by atoms with Crippen LogP contribution in [-0.2, 0) is 0 Å². The van der Waals surface area contributed by atoms with E-state index in [1.165, 1.54) is 6.42 Å². The molecular weight excluding hydrogens is 250 g/mol. The van der Waals surface area contributed by atoms with Crippen LogP contribution in [0.1, 0.15) is 54.1 Å². The summed E-state index contributed by atoms with van der Waals surface area (Å²) in [5.41, 5.74) is 2.41. The van der Waals surface area contributed by atoms with Gasteiger partial charge < -0.3 is 10.4 Å². The lowest BCUT2D eigenvalue weighted by Crippen LogP contribution is -2.54.